The lowest BCUT2D eigenvalue weighted by atomic mass is 10.1. The molecule has 1 aliphatic rings. The Bertz CT molecular complexity index is 446. The van der Waals surface area contributed by atoms with Crippen LogP contribution in [0.25, 0.3) is 0 Å². The second-order valence-electron chi connectivity index (χ2n) is 5.95. The van der Waals surface area contributed by atoms with Gasteiger partial charge in [0.05, 0.1) is 0 Å². The Hall–Kier alpha value is -1.75. The third-order valence-electron chi connectivity index (χ3n) is 3.60. The molecule has 1 aliphatic heterocycles. The summed E-state index contributed by atoms with van der Waals surface area (Å²) in [6.07, 6.45) is 3.94. The Labute approximate surface area is 127 Å². The van der Waals surface area contributed by atoms with Crippen molar-refractivity contribution in [2.75, 3.05) is 29.9 Å². The summed E-state index contributed by atoms with van der Waals surface area (Å²) in [6, 6.07) is 8.47. The van der Waals surface area contributed by atoms with E-state index in [0.29, 0.717) is 11.9 Å². The molecule has 0 amide bonds. The second kappa shape index (κ2) is 7.88. The summed E-state index contributed by atoms with van der Waals surface area (Å²) < 4.78 is 0. The molecule has 116 valence electrons. The molecule has 2 rings (SSSR count). The van der Waals surface area contributed by atoms with Gasteiger partial charge in [-0.3, -0.25) is 10.4 Å². The third kappa shape index (κ3) is 4.93. The van der Waals surface area contributed by atoms with Crippen LogP contribution in [0.5, 0.6) is 0 Å². The smallest absolute Gasteiger partial charge is 0.210 e. The molecule has 0 unspecified atom stereocenters. The Morgan fingerprint density at radius 3 is 2.43 bits per heavy atom. The molecule has 0 saturated carbocycles. The maximum atomic E-state index is 5.50. The van der Waals surface area contributed by atoms with Gasteiger partial charge in [-0.25, -0.2) is 5.84 Å². The molecule has 21 heavy (non-hydrogen) atoms. The normalized spacial score (nSPS) is 16.2. The fraction of sp³-hybridized carbons (Fsp3) is 0.562. The van der Waals surface area contributed by atoms with Crippen molar-refractivity contribution in [3.05, 3.63) is 24.3 Å². The van der Waals surface area contributed by atoms with E-state index in [9.17, 15) is 0 Å². The van der Waals surface area contributed by atoms with Crippen LogP contribution in [0.4, 0.5) is 11.4 Å². The van der Waals surface area contributed by atoms with E-state index in [1.807, 2.05) is 0 Å². The van der Waals surface area contributed by atoms with Crippen LogP contribution in [0.1, 0.15) is 33.1 Å². The number of hydrazine groups is 1. The minimum absolute atomic E-state index is 0.511. The molecule has 0 radical (unpaired) electrons. The number of nitrogens with two attached hydrogens (primary N) is 1. The second-order valence-corrected chi connectivity index (χ2v) is 5.95. The first-order chi connectivity index (χ1) is 10.2. The number of hydrogen-bond acceptors (Lipinski definition) is 3. The van der Waals surface area contributed by atoms with Gasteiger partial charge in [0.15, 0.2) is 0 Å². The summed E-state index contributed by atoms with van der Waals surface area (Å²) in [7, 11) is 0. The van der Waals surface area contributed by atoms with Crippen LogP contribution in [0.3, 0.4) is 0 Å². The Balaban J connectivity index is 1.96. The Morgan fingerprint density at radius 2 is 1.86 bits per heavy atom. The Kier molecular flexibility index (Phi) is 5.87. The fourth-order valence-electron chi connectivity index (χ4n) is 2.44. The largest absolute Gasteiger partial charge is 0.372 e. The molecule has 0 aliphatic carbocycles. The van der Waals surface area contributed by atoms with Gasteiger partial charge in [0.25, 0.3) is 0 Å². The zero-order valence-corrected chi connectivity index (χ0v) is 13.1. The van der Waals surface area contributed by atoms with Crippen molar-refractivity contribution in [3.8, 4) is 0 Å². The van der Waals surface area contributed by atoms with Crippen molar-refractivity contribution in [3.63, 3.8) is 0 Å². The first kappa shape index (κ1) is 15.6. The maximum Gasteiger partial charge on any atom is 0.210 e. The molecule has 0 atom stereocenters. The Morgan fingerprint density at radius 1 is 1.19 bits per heavy atom. The predicted octanol–water partition coefficient (Wildman–Crippen LogP) is 2.56. The quantitative estimate of drug-likeness (QED) is 0.345. The zero-order chi connectivity index (χ0) is 15.1. The van der Waals surface area contributed by atoms with E-state index in [0.717, 1.165) is 25.3 Å². The average Bonchev–Trinajstić information content (AvgIpc) is 2.52. The van der Waals surface area contributed by atoms with Crippen LogP contribution in [-0.4, -0.2) is 25.6 Å². The summed E-state index contributed by atoms with van der Waals surface area (Å²) in [5, 5.41) is 3.21. The lowest BCUT2D eigenvalue weighted by molar-refractivity contribution is 0.578. The topological polar surface area (TPSA) is 65.7 Å². The number of hydrogen-bond donors (Lipinski definition) is 3. The molecule has 1 saturated heterocycles. The van der Waals surface area contributed by atoms with Gasteiger partial charge >= 0.3 is 0 Å². The summed E-state index contributed by atoms with van der Waals surface area (Å²) in [5.74, 6) is 6.62. The SMILES string of the molecule is CC(C)CN=C(NN)Nc1ccc(N2CCCCC2)cc1. The maximum absolute atomic E-state index is 5.50. The average molecular weight is 289 g/mol. The van der Waals surface area contributed by atoms with Crippen LogP contribution in [-0.2, 0) is 0 Å². The van der Waals surface area contributed by atoms with E-state index < -0.39 is 0 Å². The molecule has 1 aromatic rings. The highest BCUT2D eigenvalue weighted by Gasteiger charge is 2.10. The van der Waals surface area contributed by atoms with Gasteiger partial charge in [-0.2, -0.15) is 0 Å². The summed E-state index contributed by atoms with van der Waals surface area (Å²) in [4.78, 5) is 6.85. The highest BCUT2D eigenvalue weighted by molar-refractivity contribution is 5.93. The van der Waals surface area contributed by atoms with E-state index in [2.05, 4.69) is 58.7 Å². The first-order valence-corrected chi connectivity index (χ1v) is 7.82. The van der Waals surface area contributed by atoms with E-state index in [4.69, 9.17) is 5.84 Å². The fourth-order valence-corrected chi connectivity index (χ4v) is 2.44. The van der Waals surface area contributed by atoms with Gasteiger partial charge in [-0.15, -0.1) is 0 Å². The van der Waals surface area contributed by atoms with E-state index in [-0.39, 0.29) is 0 Å². The van der Waals surface area contributed by atoms with Crippen molar-refractivity contribution in [2.24, 2.45) is 16.8 Å². The molecule has 0 bridgehead atoms. The number of benzene rings is 1. The number of nitrogens with zero attached hydrogens (tertiary/aromatic N) is 2. The van der Waals surface area contributed by atoms with E-state index >= 15 is 0 Å². The molecule has 0 aromatic heterocycles. The van der Waals surface area contributed by atoms with Crippen molar-refractivity contribution >= 4 is 17.3 Å². The first-order valence-electron chi connectivity index (χ1n) is 7.82. The number of anilines is 2. The number of aliphatic imine (C=N–C) groups is 1. The monoisotopic (exact) mass is 289 g/mol. The van der Waals surface area contributed by atoms with Crippen LogP contribution in [0.2, 0.25) is 0 Å². The van der Waals surface area contributed by atoms with E-state index in [1.54, 1.807) is 0 Å². The molecular weight excluding hydrogens is 262 g/mol. The number of nitrogens with one attached hydrogen (secondary N) is 2. The predicted molar refractivity (Wildman–Crippen MR) is 90.6 cm³/mol. The van der Waals surface area contributed by atoms with Crippen molar-refractivity contribution in [1.29, 1.82) is 0 Å². The minimum atomic E-state index is 0.511. The van der Waals surface area contributed by atoms with Crippen molar-refractivity contribution in [1.82, 2.24) is 5.43 Å². The van der Waals surface area contributed by atoms with Crippen LogP contribution in [0, 0.1) is 5.92 Å². The minimum Gasteiger partial charge on any atom is -0.372 e. The molecule has 4 N–H and O–H groups in total. The van der Waals surface area contributed by atoms with Gasteiger partial charge < -0.3 is 10.2 Å². The van der Waals surface area contributed by atoms with Gasteiger partial charge in [0.1, 0.15) is 0 Å². The number of piperidine rings is 1. The standard InChI is InChI=1S/C16H27N5/c1-13(2)12-18-16(20-17)19-14-6-8-15(9-7-14)21-10-4-3-5-11-21/h6-9,13H,3-5,10-12,17H2,1-2H3,(H2,18,19,20). The number of rotatable bonds is 4. The number of guanidine groups is 1. The van der Waals surface area contributed by atoms with Crippen molar-refractivity contribution < 1.29 is 0 Å². The van der Waals surface area contributed by atoms with Crippen LogP contribution in [0.15, 0.2) is 29.3 Å². The summed E-state index contributed by atoms with van der Waals surface area (Å²) >= 11 is 0. The van der Waals surface area contributed by atoms with Gasteiger partial charge in [-0.05, 0) is 49.4 Å². The molecule has 5 nitrogen and oxygen atoms in total. The molecule has 1 aromatic carbocycles. The molecular formula is C16H27N5. The van der Waals surface area contributed by atoms with Gasteiger partial charge in [0.2, 0.25) is 5.96 Å². The lowest BCUT2D eigenvalue weighted by Crippen LogP contribution is -2.36. The van der Waals surface area contributed by atoms with Gasteiger partial charge in [-0.1, -0.05) is 13.8 Å². The van der Waals surface area contributed by atoms with Crippen molar-refractivity contribution in [2.45, 2.75) is 33.1 Å². The van der Waals surface area contributed by atoms with Crippen LogP contribution < -0.4 is 21.5 Å². The lowest BCUT2D eigenvalue weighted by Gasteiger charge is -2.28. The molecule has 0 spiro atoms. The molecule has 1 fully saturated rings. The summed E-state index contributed by atoms with van der Waals surface area (Å²) in [6.45, 7) is 7.34. The molecule has 1 heterocycles. The van der Waals surface area contributed by atoms with E-state index in [1.165, 1.54) is 24.9 Å². The summed E-state index contributed by atoms with van der Waals surface area (Å²) in [5.41, 5.74) is 4.90. The molecule has 5 heteroatoms. The highest BCUT2D eigenvalue weighted by Crippen LogP contribution is 2.21. The van der Waals surface area contributed by atoms with Crippen LogP contribution >= 0.6 is 0 Å². The third-order valence-corrected chi connectivity index (χ3v) is 3.60. The van der Waals surface area contributed by atoms with Gasteiger partial charge in [0, 0.05) is 31.0 Å². The highest BCUT2D eigenvalue weighted by atomic mass is 15.3. The zero-order valence-electron chi connectivity index (χ0n) is 13.1.